The number of ether oxygens (including phenoxy) is 1. The van der Waals surface area contributed by atoms with Gasteiger partial charge in [-0.2, -0.15) is 5.10 Å². The van der Waals surface area contributed by atoms with Gasteiger partial charge in [0.1, 0.15) is 10.8 Å². The molecule has 0 unspecified atom stereocenters. The van der Waals surface area contributed by atoms with E-state index in [1.54, 1.807) is 18.2 Å². The molecule has 0 aliphatic rings. The highest BCUT2D eigenvalue weighted by Gasteiger charge is 2.12. The Hall–Kier alpha value is -2.16. The third-order valence-corrected chi connectivity index (χ3v) is 4.00. The molecule has 0 fully saturated rings. The summed E-state index contributed by atoms with van der Waals surface area (Å²) in [4.78, 5) is 21.9. The first-order valence-corrected chi connectivity index (χ1v) is 8.25. The van der Waals surface area contributed by atoms with Crippen LogP contribution in [0.1, 0.15) is 5.56 Å². The summed E-state index contributed by atoms with van der Waals surface area (Å²) in [5, 5.41) is 15.1. The normalized spacial score (nSPS) is 10.7. The van der Waals surface area contributed by atoms with Crippen molar-refractivity contribution in [2.24, 2.45) is 5.10 Å². The van der Waals surface area contributed by atoms with E-state index in [2.05, 4.69) is 26.5 Å². The lowest BCUT2D eigenvalue weighted by Gasteiger charge is -2.07. The Kier molecular flexibility index (Phi) is 6.74. The van der Waals surface area contributed by atoms with E-state index >= 15 is 0 Å². The van der Waals surface area contributed by atoms with E-state index in [4.69, 9.17) is 27.9 Å². The molecule has 1 amide bonds. The maximum absolute atomic E-state index is 11.7. The van der Waals surface area contributed by atoms with Crippen LogP contribution in [-0.2, 0) is 4.79 Å². The van der Waals surface area contributed by atoms with Crippen LogP contribution in [-0.4, -0.2) is 23.7 Å². The van der Waals surface area contributed by atoms with Gasteiger partial charge < -0.3 is 4.74 Å². The van der Waals surface area contributed by atoms with E-state index in [1.165, 1.54) is 24.4 Å². The summed E-state index contributed by atoms with van der Waals surface area (Å²) in [6.45, 7) is -0.266. The van der Waals surface area contributed by atoms with Gasteiger partial charge in [0.25, 0.3) is 11.6 Å². The van der Waals surface area contributed by atoms with Crippen LogP contribution in [0.3, 0.4) is 0 Å². The zero-order valence-corrected chi connectivity index (χ0v) is 15.5. The molecule has 0 saturated carbocycles. The third kappa shape index (κ3) is 5.70. The maximum atomic E-state index is 11.7. The Labute approximate surface area is 160 Å². The molecular formula is C15H10BrCl2N3O4. The Balaban J connectivity index is 1.90. The number of hydrogen-bond donors (Lipinski definition) is 1. The molecule has 7 nitrogen and oxygen atoms in total. The summed E-state index contributed by atoms with van der Waals surface area (Å²) in [6, 6.07) is 9.05. The van der Waals surface area contributed by atoms with Crippen LogP contribution in [0.5, 0.6) is 5.75 Å². The minimum absolute atomic E-state index is 0.0214. The second kappa shape index (κ2) is 8.80. The minimum atomic E-state index is -0.601. The number of rotatable bonds is 6. The predicted molar refractivity (Wildman–Crippen MR) is 98.5 cm³/mol. The Bertz CT molecular complexity index is 846. The van der Waals surface area contributed by atoms with Gasteiger partial charge in [-0.05, 0) is 40.2 Å². The highest BCUT2D eigenvalue weighted by Crippen LogP contribution is 2.28. The molecule has 10 heteroatoms. The van der Waals surface area contributed by atoms with Gasteiger partial charge in [-0.1, -0.05) is 29.3 Å². The number of hydrazone groups is 1. The number of carbonyl (C=O) groups excluding carboxylic acids is 1. The van der Waals surface area contributed by atoms with Crippen LogP contribution in [0.4, 0.5) is 5.69 Å². The number of nitrogens with zero attached hydrogens (tertiary/aromatic N) is 2. The summed E-state index contributed by atoms with van der Waals surface area (Å²) in [5.74, 6) is -0.0431. The standard InChI is InChI=1S/C15H10BrCl2N3O4/c16-11-6-10(17)2-4-14(11)25-8-15(22)20-19-7-9-1-3-12(18)13(5-9)21(23)24/h1-7H,8H2,(H,20,22). The van der Waals surface area contributed by atoms with Crippen LogP contribution in [0, 0.1) is 10.1 Å². The van der Waals surface area contributed by atoms with Crippen molar-refractivity contribution in [2.45, 2.75) is 0 Å². The van der Waals surface area contributed by atoms with Crippen molar-refractivity contribution in [3.63, 3.8) is 0 Å². The topological polar surface area (TPSA) is 93.8 Å². The first-order chi connectivity index (χ1) is 11.9. The SMILES string of the molecule is O=C(COc1ccc(Cl)cc1Br)NN=Cc1ccc(Cl)c([N+](=O)[O-])c1. The molecule has 0 heterocycles. The van der Waals surface area contributed by atoms with Crippen molar-refractivity contribution < 1.29 is 14.5 Å². The first-order valence-electron chi connectivity index (χ1n) is 6.70. The van der Waals surface area contributed by atoms with Gasteiger partial charge in [-0.25, -0.2) is 5.43 Å². The van der Waals surface area contributed by atoms with Gasteiger partial charge in [0.05, 0.1) is 15.6 Å². The van der Waals surface area contributed by atoms with Gasteiger partial charge in [0, 0.05) is 16.7 Å². The zero-order valence-electron chi connectivity index (χ0n) is 12.4. The fourth-order valence-corrected chi connectivity index (χ4v) is 2.68. The molecule has 2 rings (SSSR count). The number of nitro groups is 1. The lowest BCUT2D eigenvalue weighted by Crippen LogP contribution is -2.24. The van der Waals surface area contributed by atoms with E-state index in [1.807, 2.05) is 0 Å². The molecule has 130 valence electrons. The van der Waals surface area contributed by atoms with Crippen molar-refractivity contribution in [3.05, 3.63) is 66.6 Å². The highest BCUT2D eigenvalue weighted by atomic mass is 79.9. The molecule has 25 heavy (non-hydrogen) atoms. The zero-order chi connectivity index (χ0) is 18.4. The Morgan fingerprint density at radius 3 is 2.76 bits per heavy atom. The van der Waals surface area contributed by atoms with Crippen LogP contribution >= 0.6 is 39.1 Å². The number of benzene rings is 2. The minimum Gasteiger partial charge on any atom is -0.483 e. The fraction of sp³-hybridized carbons (Fsp3) is 0.0667. The molecule has 0 aromatic heterocycles. The summed E-state index contributed by atoms with van der Waals surface area (Å²) in [7, 11) is 0. The quantitative estimate of drug-likeness (QED) is 0.408. The first kappa shape index (κ1) is 19.2. The third-order valence-electron chi connectivity index (χ3n) is 2.82. The van der Waals surface area contributed by atoms with E-state index < -0.39 is 10.8 Å². The van der Waals surface area contributed by atoms with Crippen molar-refractivity contribution >= 4 is 56.9 Å². The van der Waals surface area contributed by atoms with Crippen LogP contribution in [0.25, 0.3) is 0 Å². The van der Waals surface area contributed by atoms with E-state index in [9.17, 15) is 14.9 Å². The van der Waals surface area contributed by atoms with E-state index in [0.29, 0.717) is 20.8 Å². The van der Waals surface area contributed by atoms with Gasteiger partial charge in [0.2, 0.25) is 0 Å². The molecule has 1 N–H and O–H groups in total. The predicted octanol–water partition coefficient (Wildman–Crippen LogP) is 4.19. The smallest absolute Gasteiger partial charge is 0.288 e. The second-order valence-corrected chi connectivity index (χ2v) is 6.32. The molecule has 2 aromatic carbocycles. The number of carbonyl (C=O) groups is 1. The monoisotopic (exact) mass is 445 g/mol. The number of hydrogen-bond acceptors (Lipinski definition) is 5. The Morgan fingerprint density at radius 2 is 2.08 bits per heavy atom. The summed E-state index contributed by atoms with van der Waals surface area (Å²) in [6.07, 6.45) is 1.26. The summed E-state index contributed by atoms with van der Waals surface area (Å²) < 4.78 is 5.94. The molecule has 0 radical (unpaired) electrons. The fourth-order valence-electron chi connectivity index (χ4n) is 1.70. The molecule has 0 spiro atoms. The Morgan fingerprint density at radius 1 is 1.32 bits per heavy atom. The van der Waals surface area contributed by atoms with Gasteiger partial charge in [-0.3, -0.25) is 14.9 Å². The van der Waals surface area contributed by atoms with Crippen molar-refractivity contribution in [1.29, 1.82) is 0 Å². The largest absolute Gasteiger partial charge is 0.483 e. The van der Waals surface area contributed by atoms with Gasteiger partial charge >= 0.3 is 0 Å². The molecule has 2 aromatic rings. The average Bonchev–Trinajstić information content (AvgIpc) is 2.55. The van der Waals surface area contributed by atoms with Crippen LogP contribution in [0.15, 0.2) is 46.0 Å². The van der Waals surface area contributed by atoms with Crippen LogP contribution < -0.4 is 10.2 Å². The van der Waals surface area contributed by atoms with E-state index in [-0.39, 0.29) is 17.3 Å². The average molecular weight is 447 g/mol. The number of halogens is 3. The number of nitrogens with one attached hydrogen (secondary N) is 1. The second-order valence-electron chi connectivity index (χ2n) is 4.62. The molecular weight excluding hydrogens is 437 g/mol. The van der Waals surface area contributed by atoms with Crippen molar-refractivity contribution in [1.82, 2.24) is 5.43 Å². The van der Waals surface area contributed by atoms with Gasteiger partial charge in [0.15, 0.2) is 6.61 Å². The molecule has 0 saturated heterocycles. The summed E-state index contributed by atoms with van der Waals surface area (Å²) >= 11 is 14.8. The molecule has 0 atom stereocenters. The summed E-state index contributed by atoms with van der Waals surface area (Å²) in [5.41, 5.74) is 2.43. The molecule has 0 aliphatic carbocycles. The van der Waals surface area contributed by atoms with Crippen LogP contribution in [0.2, 0.25) is 10.0 Å². The maximum Gasteiger partial charge on any atom is 0.288 e. The number of nitro benzene ring substituents is 1. The van der Waals surface area contributed by atoms with E-state index in [0.717, 1.165) is 0 Å². The van der Waals surface area contributed by atoms with Crippen molar-refractivity contribution in [2.75, 3.05) is 6.61 Å². The number of amides is 1. The molecule has 0 bridgehead atoms. The van der Waals surface area contributed by atoms with Gasteiger partial charge in [-0.15, -0.1) is 0 Å². The lowest BCUT2D eigenvalue weighted by molar-refractivity contribution is -0.384. The highest BCUT2D eigenvalue weighted by molar-refractivity contribution is 9.10. The van der Waals surface area contributed by atoms with Crippen molar-refractivity contribution in [3.8, 4) is 5.75 Å². The molecule has 0 aliphatic heterocycles. The lowest BCUT2D eigenvalue weighted by atomic mass is 10.2.